The van der Waals surface area contributed by atoms with Gasteiger partial charge in [0.05, 0.1) is 12.7 Å². The summed E-state index contributed by atoms with van der Waals surface area (Å²) in [7, 11) is -3.51. The van der Waals surface area contributed by atoms with Crippen LogP contribution in [-0.2, 0) is 16.6 Å². The van der Waals surface area contributed by atoms with Gasteiger partial charge in [-0.2, -0.15) is 5.10 Å². The van der Waals surface area contributed by atoms with Crippen molar-refractivity contribution < 1.29 is 8.42 Å². The molecule has 0 saturated carbocycles. The lowest BCUT2D eigenvalue weighted by Crippen LogP contribution is -2.41. The van der Waals surface area contributed by atoms with Crippen molar-refractivity contribution in [2.45, 2.75) is 52.1 Å². The molecule has 7 heteroatoms. The molecule has 1 aromatic heterocycles. The van der Waals surface area contributed by atoms with Gasteiger partial charge in [-0.05, 0) is 18.9 Å². The lowest BCUT2D eigenvalue weighted by Gasteiger charge is -2.27. The second-order valence-corrected chi connectivity index (χ2v) is 7.72. The lowest BCUT2D eigenvalue weighted by atomic mass is 9.89. The second-order valence-electron chi connectivity index (χ2n) is 6.00. The molecule has 0 fully saturated rings. The molecule has 0 aliphatic rings. The van der Waals surface area contributed by atoms with Gasteiger partial charge in [0, 0.05) is 18.8 Å². The molecule has 1 rings (SSSR count). The molecule has 0 aliphatic heterocycles. The summed E-state index contributed by atoms with van der Waals surface area (Å²) in [5.41, 5.74) is -0.131. The van der Waals surface area contributed by atoms with E-state index in [1.54, 1.807) is 10.9 Å². The fraction of sp³-hybridized carbons (Fsp3) is 0.769. The zero-order chi connectivity index (χ0) is 15.4. The lowest BCUT2D eigenvalue weighted by molar-refractivity contribution is 0.317. The minimum atomic E-state index is -3.51. The van der Waals surface area contributed by atoms with Gasteiger partial charge < -0.3 is 5.32 Å². The van der Waals surface area contributed by atoms with Crippen LogP contribution in [0.3, 0.4) is 0 Å². The van der Waals surface area contributed by atoms with Crippen molar-refractivity contribution >= 4 is 10.0 Å². The van der Waals surface area contributed by atoms with Gasteiger partial charge in [-0.25, -0.2) is 13.1 Å². The van der Waals surface area contributed by atoms with Crippen LogP contribution in [0, 0.1) is 5.41 Å². The third-order valence-electron chi connectivity index (χ3n) is 3.32. The molecular weight excluding hydrogens is 276 g/mol. The van der Waals surface area contributed by atoms with Crippen LogP contribution in [0.15, 0.2) is 17.3 Å². The van der Waals surface area contributed by atoms with Gasteiger partial charge in [0.1, 0.15) is 4.90 Å². The molecule has 1 atom stereocenters. The van der Waals surface area contributed by atoms with Crippen LogP contribution in [0.5, 0.6) is 0 Å². The highest BCUT2D eigenvalue weighted by atomic mass is 32.2. The summed E-state index contributed by atoms with van der Waals surface area (Å²) in [6, 6.07) is -0.155. The van der Waals surface area contributed by atoms with E-state index in [0.717, 1.165) is 13.1 Å². The van der Waals surface area contributed by atoms with Crippen molar-refractivity contribution in [3.63, 3.8) is 0 Å². The van der Waals surface area contributed by atoms with Gasteiger partial charge in [0.15, 0.2) is 0 Å². The third-order valence-corrected chi connectivity index (χ3v) is 4.81. The molecule has 1 aromatic rings. The summed E-state index contributed by atoms with van der Waals surface area (Å²) in [5, 5.41) is 7.25. The van der Waals surface area contributed by atoms with Crippen LogP contribution in [0.2, 0.25) is 0 Å². The molecule has 0 aromatic carbocycles. The first kappa shape index (κ1) is 17.1. The Kier molecular flexibility index (Phi) is 5.73. The molecule has 0 radical (unpaired) electrons. The Hall–Kier alpha value is -0.920. The Morgan fingerprint density at radius 3 is 2.60 bits per heavy atom. The molecule has 20 heavy (non-hydrogen) atoms. The number of rotatable bonds is 7. The van der Waals surface area contributed by atoms with Gasteiger partial charge in [-0.15, -0.1) is 0 Å². The molecule has 1 unspecified atom stereocenters. The summed E-state index contributed by atoms with van der Waals surface area (Å²) in [6.45, 7) is 12.2. The monoisotopic (exact) mass is 302 g/mol. The van der Waals surface area contributed by atoms with Crippen LogP contribution in [0.1, 0.15) is 34.6 Å². The normalized spacial score (nSPS) is 14.4. The molecule has 2 N–H and O–H groups in total. The van der Waals surface area contributed by atoms with Crippen molar-refractivity contribution in [2.75, 3.05) is 13.1 Å². The molecule has 0 aliphatic carbocycles. The average Bonchev–Trinajstić information content (AvgIpc) is 2.77. The first-order valence-electron chi connectivity index (χ1n) is 6.92. The van der Waals surface area contributed by atoms with E-state index < -0.39 is 10.0 Å². The van der Waals surface area contributed by atoms with E-state index in [-0.39, 0.29) is 16.4 Å². The summed E-state index contributed by atoms with van der Waals surface area (Å²) in [5.74, 6) is 0. The average molecular weight is 302 g/mol. The van der Waals surface area contributed by atoms with E-state index in [1.165, 1.54) is 6.20 Å². The van der Waals surface area contributed by atoms with Crippen molar-refractivity contribution in [2.24, 2.45) is 5.41 Å². The van der Waals surface area contributed by atoms with Crippen LogP contribution in [0.4, 0.5) is 0 Å². The summed E-state index contributed by atoms with van der Waals surface area (Å²) in [6.07, 6.45) is 2.96. The zero-order valence-electron chi connectivity index (χ0n) is 13.0. The van der Waals surface area contributed by atoms with Gasteiger partial charge in [0.2, 0.25) is 10.0 Å². The largest absolute Gasteiger partial charge is 0.315 e. The predicted molar refractivity (Wildman–Crippen MR) is 80.0 cm³/mol. The Morgan fingerprint density at radius 1 is 1.40 bits per heavy atom. The van der Waals surface area contributed by atoms with Crippen molar-refractivity contribution in [1.29, 1.82) is 0 Å². The number of hydrogen-bond acceptors (Lipinski definition) is 4. The second kappa shape index (κ2) is 6.69. The van der Waals surface area contributed by atoms with E-state index in [0.29, 0.717) is 6.54 Å². The molecule has 0 amide bonds. The van der Waals surface area contributed by atoms with E-state index in [1.807, 2.05) is 34.6 Å². The highest BCUT2D eigenvalue weighted by Crippen LogP contribution is 2.20. The van der Waals surface area contributed by atoms with Crippen LogP contribution >= 0.6 is 0 Å². The fourth-order valence-electron chi connectivity index (χ4n) is 1.45. The van der Waals surface area contributed by atoms with Crippen molar-refractivity contribution in [3.05, 3.63) is 12.4 Å². The summed E-state index contributed by atoms with van der Waals surface area (Å²) >= 11 is 0. The minimum Gasteiger partial charge on any atom is -0.315 e. The SMILES string of the molecule is CCNCCn1cc(S(=O)(=O)NC(C)C(C)(C)C)cn1. The Balaban J connectivity index is 2.73. The maximum absolute atomic E-state index is 12.3. The van der Waals surface area contributed by atoms with Crippen LogP contribution in [-0.4, -0.2) is 37.3 Å². The predicted octanol–water partition coefficient (Wildman–Crippen LogP) is 1.21. The zero-order valence-corrected chi connectivity index (χ0v) is 13.8. The molecule has 0 bridgehead atoms. The van der Waals surface area contributed by atoms with Crippen molar-refractivity contribution in [1.82, 2.24) is 19.8 Å². The number of nitrogens with one attached hydrogen (secondary N) is 2. The fourth-order valence-corrected chi connectivity index (χ4v) is 2.86. The topological polar surface area (TPSA) is 76.0 Å². The maximum Gasteiger partial charge on any atom is 0.243 e. The summed E-state index contributed by atoms with van der Waals surface area (Å²) in [4.78, 5) is 0.213. The molecule has 1 heterocycles. The van der Waals surface area contributed by atoms with Gasteiger partial charge in [0.25, 0.3) is 0 Å². The molecule has 0 spiro atoms. The Morgan fingerprint density at radius 2 is 2.05 bits per heavy atom. The van der Waals surface area contributed by atoms with Crippen LogP contribution in [0.25, 0.3) is 0 Å². The number of nitrogens with zero attached hydrogens (tertiary/aromatic N) is 2. The van der Waals surface area contributed by atoms with Crippen LogP contribution < -0.4 is 10.0 Å². The molecule has 0 saturated heterocycles. The number of likely N-dealkylation sites (N-methyl/N-ethyl adjacent to an activating group) is 1. The molecule has 6 nitrogen and oxygen atoms in total. The Bertz CT molecular complexity index is 517. The van der Waals surface area contributed by atoms with E-state index in [4.69, 9.17) is 0 Å². The van der Waals surface area contributed by atoms with E-state index in [9.17, 15) is 8.42 Å². The standard InChI is InChI=1S/C13H26N4O2S/c1-6-14-7-8-17-10-12(9-15-17)20(18,19)16-11(2)13(3,4)5/h9-11,14,16H,6-8H2,1-5H3. The third kappa shape index (κ3) is 4.88. The number of aromatic nitrogens is 2. The smallest absolute Gasteiger partial charge is 0.243 e. The van der Waals surface area contributed by atoms with Crippen molar-refractivity contribution in [3.8, 4) is 0 Å². The Labute approximate surface area is 122 Å². The molecule has 116 valence electrons. The van der Waals surface area contributed by atoms with E-state index in [2.05, 4.69) is 15.1 Å². The highest BCUT2D eigenvalue weighted by molar-refractivity contribution is 7.89. The quantitative estimate of drug-likeness (QED) is 0.742. The first-order valence-corrected chi connectivity index (χ1v) is 8.40. The minimum absolute atomic E-state index is 0.131. The molecular formula is C13H26N4O2S. The number of hydrogen-bond donors (Lipinski definition) is 2. The van der Waals surface area contributed by atoms with Gasteiger partial charge in [-0.1, -0.05) is 27.7 Å². The van der Waals surface area contributed by atoms with Gasteiger partial charge in [-0.3, -0.25) is 4.68 Å². The first-order chi connectivity index (χ1) is 9.16. The number of sulfonamides is 1. The maximum atomic E-state index is 12.3. The highest BCUT2D eigenvalue weighted by Gasteiger charge is 2.26. The van der Waals surface area contributed by atoms with E-state index >= 15 is 0 Å². The summed E-state index contributed by atoms with van der Waals surface area (Å²) < 4.78 is 28.8. The van der Waals surface area contributed by atoms with Gasteiger partial charge >= 0.3 is 0 Å².